The molecule has 0 aliphatic heterocycles. The molecule has 2 heterocycles. The fraction of sp³-hybridized carbons (Fsp3) is 0.0345. The fourth-order valence-electron chi connectivity index (χ4n) is 5.25. The molecule has 31 heavy (non-hydrogen) atoms. The molecule has 0 fully saturated rings. The first-order chi connectivity index (χ1) is 15.2. The van der Waals surface area contributed by atoms with Crippen LogP contribution in [0.5, 0.6) is 0 Å². The number of hydrogen-bond donors (Lipinski definition) is 0. The zero-order chi connectivity index (χ0) is 20.7. The maximum Gasteiger partial charge on any atom is 0.0361 e. The first-order valence-corrected chi connectivity index (χ1v) is 12.1. The van der Waals surface area contributed by atoms with Crippen molar-refractivity contribution in [2.75, 3.05) is 0 Å². The summed E-state index contributed by atoms with van der Waals surface area (Å²) in [6.45, 7) is 6.39. The Hall–Kier alpha value is -3.20. The minimum atomic E-state index is 1.27. The Bertz CT molecular complexity index is 1860. The van der Waals surface area contributed by atoms with Gasteiger partial charge in [0.2, 0.25) is 0 Å². The van der Waals surface area contributed by atoms with Gasteiger partial charge in [0.05, 0.1) is 0 Å². The second-order valence-corrected chi connectivity index (χ2v) is 10.5. The molecule has 0 spiro atoms. The van der Waals surface area contributed by atoms with Crippen LogP contribution < -0.4 is 0 Å². The summed E-state index contributed by atoms with van der Waals surface area (Å²) in [6.07, 6.45) is 2.04. The maximum absolute atomic E-state index is 4.17. The van der Waals surface area contributed by atoms with Crippen LogP contribution in [0.15, 0.2) is 79.4 Å². The fourth-order valence-corrected chi connectivity index (χ4v) is 7.49. The van der Waals surface area contributed by atoms with Crippen molar-refractivity contribution in [3.05, 3.63) is 89.8 Å². The predicted octanol–water partition coefficient (Wildman–Crippen LogP) is 9.68. The molecule has 146 valence electrons. The zero-order valence-electron chi connectivity index (χ0n) is 17.0. The van der Waals surface area contributed by atoms with Crippen LogP contribution in [-0.2, 0) is 0 Å². The van der Waals surface area contributed by atoms with E-state index in [2.05, 4.69) is 86.3 Å². The molecule has 5 aromatic carbocycles. The van der Waals surface area contributed by atoms with Gasteiger partial charge >= 0.3 is 0 Å². The van der Waals surface area contributed by atoms with Gasteiger partial charge in [0.1, 0.15) is 0 Å². The van der Waals surface area contributed by atoms with Gasteiger partial charge in [0, 0.05) is 40.5 Å². The van der Waals surface area contributed by atoms with Gasteiger partial charge in [-0.3, -0.25) is 0 Å². The van der Waals surface area contributed by atoms with Gasteiger partial charge in [0.15, 0.2) is 0 Å². The normalized spacial score (nSPS) is 12.2. The van der Waals surface area contributed by atoms with Crippen LogP contribution in [-0.4, -0.2) is 0 Å². The molecule has 2 aromatic heterocycles. The number of benzene rings is 5. The molecule has 0 nitrogen and oxygen atoms in total. The van der Waals surface area contributed by atoms with E-state index in [9.17, 15) is 0 Å². The lowest BCUT2D eigenvalue weighted by molar-refractivity contribution is 1.61. The van der Waals surface area contributed by atoms with E-state index in [0.29, 0.717) is 0 Å². The quantitative estimate of drug-likeness (QED) is 0.180. The van der Waals surface area contributed by atoms with E-state index in [-0.39, 0.29) is 0 Å². The SMILES string of the molecule is C=Cc1c(C)sc2cccc3c2c1c1cccc2sc4cc5ccccc5cc4c3c21. The number of aryl methyl sites for hydroxylation is 1. The molecule has 2 heteroatoms. The first kappa shape index (κ1) is 17.5. The number of fused-ring (bicyclic) bond motifs is 5. The summed E-state index contributed by atoms with van der Waals surface area (Å²) < 4.78 is 4.04. The Morgan fingerprint density at radius 3 is 2.00 bits per heavy atom. The van der Waals surface area contributed by atoms with Crippen LogP contribution in [0.4, 0.5) is 0 Å². The van der Waals surface area contributed by atoms with Crippen molar-refractivity contribution in [2.24, 2.45) is 0 Å². The Labute approximate surface area is 187 Å². The predicted molar refractivity (Wildman–Crippen MR) is 142 cm³/mol. The minimum Gasteiger partial charge on any atom is -0.140 e. The smallest absolute Gasteiger partial charge is 0.0361 e. The molecule has 0 N–H and O–H groups in total. The van der Waals surface area contributed by atoms with E-state index in [0.717, 1.165) is 0 Å². The Morgan fingerprint density at radius 1 is 0.613 bits per heavy atom. The molecular formula is C29H18S2. The average Bonchev–Trinajstić information content (AvgIpc) is 2.79. The van der Waals surface area contributed by atoms with Crippen molar-refractivity contribution in [2.45, 2.75) is 6.92 Å². The standard InChI is InChI=1S/C29H18S2/c1-3-19-16(2)30-23-12-6-11-21-27-22-14-17-8-4-5-9-18(17)15-25(22)31-24-13-7-10-20(29(24)27)26(19)28(21)23/h3-15H,1H2,2H3. The van der Waals surface area contributed by atoms with Crippen molar-refractivity contribution in [1.82, 2.24) is 0 Å². The number of rotatable bonds is 1. The molecule has 0 aliphatic rings. The molecular weight excluding hydrogens is 412 g/mol. The van der Waals surface area contributed by atoms with Gasteiger partial charge in [0.25, 0.3) is 0 Å². The summed E-state index contributed by atoms with van der Waals surface area (Å²) in [6, 6.07) is 27.0. The summed E-state index contributed by atoms with van der Waals surface area (Å²) in [5.41, 5.74) is 1.27. The van der Waals surface area contributed by atoms with Crippen molar-refractivity contribution < 1.29 is 0 Å². The molecule has 7 aromatic rings. The lowest BCUT2D eigenvalue weighted by Gasteiger charge is -2.18. The van der Waals surface area contributed by atoms with E-state index in [1.807, 2.05) is 28.7 Å². The van der Waals surface area contributed by atoms with E-state index >= 15 is 0 Å². The van der Waals surface area contributed by atoms with Gasteiger partial charge in [-0.1, -0.05) is 61.2 Å². The lowest BCUT2D eigenvalue weighted by Crippen LogP contribution is -1.90. The molecule has 0 bridgehead atoms. The van der Waals surface area contributed by atoms with Crippen molar-refractivity contribution in [1.29, 1.82) is 0 Å². The third-order valence-electron chi connectivity index (χ3n) is 6.54. The molecule has 7 rings (SSSR count). The van der Waals surface area contributed by atoms with Gasteiger partial charge in [-0.05, 0) is 63.7 Å². The van der Waals surface area contributed by atoms with Crippen molar-refractivity contribution in [3.63, 3.8) is 0 Å². The topological polar surface area (TPSA) is 0 Å². The van der Waals surface area contributed by atoms with E-state index < -0.39 is 0 Å². The van der Waals surface area contributed by atoms with E-state index in [4.69, 9.17) is 0 Å². The Morgan fingerprint density at radius 2 is 1.26 bits per heavy atom. The van der Waals surface area contributed by atoms with Crippen LogP contribution in [0, 0.1) is 6.92 Å². The van der Waals surface area contributed by atoms with Crippen LogP contribution in [0.1, 0.15) is 10.4 Å². The highest BCUT2D eigenvalue weighted by Crippen LogP contribution is 2.48. The highest BCUT2D eigenvalue weighted by molar-refractivity contribution is 7.25. The maximum atomic E-state index is 4.17. The molecule has 0 unspecified atom stereocenters. The molecule has 0 amide bonds. The molecule has 0 saturated heterocycles. The third kappa shape index (κ3) is 2.24. The van der Waals surface area contributed by atoms with Crippen LogP contribution >= 0.6 is 22.7 Å². The Balaban J connectivity index is 1.90. The molecule has 0 atom stereocenters. The monoisotopic (exact) mass is 430 g/mol. The first-order valence-electron chi connectivity index (χ1n) is 10.5. The van der Waals surface area contributed by atoms with Crippen molar-refractivity contribution in [3.8, 4) is 0 Å². The van der Waals surface area contributed by atoms with Crippen LogP contribution in [0.2, 0.25) is 0 Å². The van der Waals surface area contributed by atoms with Crippen molar-refractivity contribution >= 4 is 91.3 Å². The average molecular weight is 431 g/mol. The summed E-state index contributed by atoms with van der Waals surface area (Å²) in [7, 11) is 0. The summed E-state index contributed by atoms with van der Waals surface area (Å²) in [5, 5.41) is 12.1. The van der Waals surface area contributed by atoms with Gasteiger partial charge in [-0.2, -0.15) is 0 Å². The second kappa shape index (κ2) is 6.16. The van der Waals surface area contributed by atoms with Crippen LogP contribution in [0.25, 0.3) is 68.7 Å². The summed E-state index contributed by atoms with van der Waals surface area (Å²) in [5.74, 6) is 0. The zero-order valence-corrected chi connectivity index (χ0v) is 18.7. The van der Waals surface area contributed by atoms with Gasteiger partial charge in [-0.15, -0.1) is 22.7 Å². The van der Waals surface area contributed by atoms with E-state index in [1.165, 1.54) is 73.0 Å². The van der Waals surface area contributed by atoms with Crippen LogP contribution in [0.3, 0.4) is 0 Å². The minimum absolute atomic E-state index is 1.27. The number of hydrogen-bond acceptors (Lipinski definition) is 2. The Kier molecular flexibility index (Phi) is 3.47. The van der Waals surface area contributed by atoms with Gasteiger partial charge in [-0.25, -0.2) is 0 Å². The third-order valence-corrected chi connectivity index (χ3v) is 8.75. The molecule has 0 radical (unpaired) electrons. The van der Waals surface area contributed by atoms with Gasteiger partial charge < -0.3 is 0 Å². The highest BCUT2D eigenvalue weighted by Gasteiger charge is 2.19. The summed E-state index contributed by atoms with van der Waals surface area (Å²) in [4.78, 5) is 1.32. The highest BCUT2D eigenvalue weighted by atomic mass is 32.1. The second-order valence-electron chi connectivity index (χ2n) is 8.18. The molecule has 0 aliphatic carbocycles. The molecule has 0 saturated carbocycles. The largest absolute Gasteiger partial charge is 0.140 e. The lowest BCUT2D eigenvalue weighted by atomic mass is 9.90. The summed E-state index contributed by atoms with van der Waals surface area (Å²) >= 11 is 3.78. The van der Waals surface area contributed by atoms with E-state index in [1.54, 1.807) is 0 Å².